The normalized spacial score (nSPS) is 49.0. The summed E-state index contributed by atoms with van der Waals surface area (Å²) < 4.78 is 63.0. The van der Waals surface area contributed by atoms with Gasteiger partial charge < -0.3 is 49.2 Å². The van der Waals surface area contributed by atoms with Crippen LogP contribution in [0.25, 0.3) is 0 Å². The standard InChI is InChI=1S/C18H30O14S/c1-6(2)29-16-18(22,23)14-13(8(31-16)4-27-14)32-15-12(20)10-9(17(10,3)21)11(19)7(30-15)5-28-33(24,25)26/h6-16,19-23H,4-5H2,1-3H3,(H,24,25,26)/t7?,8?,9-,10?,11+,12?,13-,14?,15+,16-,17?/m1/s1. The van der Waals surface area contributed by atoms with Gasteiger partial charge in [0.05, 0.1) is 31.0 Å². The molecule has 6 N–H and O–H groups in total. The summed E-state index contributed by atoms with van der Waals surface area (Å²) in [6.07, 6.45) is -11.1. The van der Waals surface area contributed by atoms with Crippen molar-refractivity contribution in [1.29, 1.82) is 0 Å². The number of rotatable bonds is 7. The van der Waals surface area contributed by atoms with Gasteiger partial charge in [-0.2, -0.15) is 8.42 Å². The Morgan fingerprint density at radius 3 is 2.33 bits per heavy atom. The van der Waals surface area contributed by atoms with Crippen molar-refractivity contribution in [3.8, 4) is 0 Å². The second kappa shape index (κ2) is 8.55. The highest BCUT2D eigenvalue weighted by atomic mass is 32.3. The lowest BCUT2D eigenvalue weighted by molar-refractivity contribution is -0.397. The van der Waals surface area contributed by atoms with Gasteiger partial charge in [-0.3, -0.25) is 4.55 Å². The van der Waals surface area contributed by atoms with Gasteiger partial charge in [0.1, 0.15) is 30.5 Å². The first-order valence-corrected chi connectivity index (χ1v) is 11.9. The molecule has 192 valence electrons. The van der Waals surface area contributed by atoms with Crippen LogP contribution in [0.1, 0.15) is 20.8 Å². The molecule has 1 saturated carbocycles. The van der Waals surface area contributed by atoms with Crippen LogP contribution < -0.4 is 0 Å². The van der Waals surface area contributed by atoms with E-state index in [1.807, 2.05) is 0 Å². The quantitative estimate of drug-likeness (QED) is 0.150. The first-order chi connectivity index (χ1) is 15.1. The molecule has 2 bridgehead atoms. The molecule has 3 saturated heterocycles. The molecular formula is C18H30O14S. The van der Waals surface area contributed by atoms with Gasteiger partial charge in [0.25, 0.3) is 0 Å². The Kier molecular flexibility index (Phi) is 6.62. The Hall–Kier alpha value is -0.530. The fourth-order valence-electron chi connectivity index (χ4n) is 4.97. The van der Waals surface area contributed by atoms with E-state index in [1.54, 1.807) is 13.8 Å². The fourth-order valence-corrected chi connectivity index (χ4v) is 5.28. The molecule has 14 nitrogen and oxygen atoms in total. The Bertz CT molecular complexity index is 830. The summed E-state index contributed by atoms with van der Waals surface area (Å²) in [5.41, 5.74) is -1.52. The van der Waals surface area contributed by atoms with E-state index in [-0.39, 0.29) is 6.61 Å². The van der Waals surface area contributed by atoms with Gasteiger partial charge in [-0.05, 0) is 20.8 Å². The van der Waals surface area contributed by atoms with Crippen molar-refractivity contribution in [1.82, 2.24) is 0 Å². The summed E-state index contributed by atoms with van der Waals surface area (Å²) in [4.78, 5) is 0. The molecule has 4 aliphatic rings. The Labute approximate surface area is 189 Å². The zero-order chi connectivity index (χ0) is 24.5. The average molecular weight is 502 g/mol. The van der Waals surface area contributed by atoms with E-state index in [0.717, 1.165) is 0 Å². The van der Waals surface area contributed by atoms with Gasteiger partial charge in [0, 0.05) is 11.8 Å². The maximum atomic E-state index is 11.0. The van der Waals surface area contributed by atoms with Crippen LogP contribution in [0.3, 0.4) is 0 Å². The molecule has 0 spiro atoms. The van der Waals surface area contributed by atoms with Crippen molar-refractivity contribution in [3.63, 3.8) is 0 Å². The van der Waals surface area contributed by atoms with Crippen molar-refractivity contribution >= 4 is 10.4 Å². The smallest absolute Gasteiger partial charge is 0.390 e. The molecular weight excluding hydrogens is 472 g/mol. The third-order valence-corrected chi connectivity index (χ3v) is 7.00. The van der Waals surface area contributed by atoms with Crippen LogP contribution in [0.15, 0.2) is 0 Å². The van der Waals surface area contributed by atoms with Crippen LogP contribution in [0.2, 0.25) is 0 Å². The summed E-state index contributed by atoms with van der Waals surface area (Å²) in [5.74, 6) is -4.41. The summed E-state index contributed by atoms with van der Waals surface area (Å²) in [7, 11) is -4.87. The van der Waals surface area contributed by atoms with Gasteiger partial charge in [0.2, 0.25) is 12.1 Å². The zero-order valence-corrected chi connectivity index (χ0v) is 18.9. The second-order valence-electron chi connectivity index (χ2n) is 9.34. The van der Waals surface area contributed by atoms with Crippen LogP contribution in [-0.4, -0.2) is 118 Å². The minimum atomic E-state index is -4.87. The predicted octanol–water partition coefficient (Wildman–Crippen LogP) is -3.14. The SMILES string of the molecule is CC(C)O[C@@H]1OC2COC([C@@H]2O[C@@H]2OC(COS(=O)(=O)O)[C@H](O)[C@H]3C(C2O)C3(C)O)C1(O)O. The van der Waals surface area contributed by atoms with E-state index in [0.29, 0.717) is 0 Å². The Balaban J connectivity index is 1.54. The molecule has 4 rings (SSSR count). The second-order valence-corrected chi connectivity index (χ2v) is 10.4. The number of fused-ring (bicyclic) bond motifs is 3. The molecule has 0 radical (unpaired) electrons. The topological polar surface area (TPSA) is 211 Å². The van der Waals surface area contributed by atoms with E-state index in [9.17, 15) is 34.0 Å². The third kappa shape index (κ3) is 4.67. The molecule has 3 heterocycles. The summed E-state index contributed by atoms with van der Waals surface area (Å²) in [5, 5.41) is 53.2. The fraction of sp³-hybridized carbons (Fsp3) is 1.00. The monoisotopic (exact) mass is 502 g/mol. The number of hydrogen-bond donors (Lipinski definition) is 6. The molecule has 6 unspecified atom stereocenters. The van der Waals surface area contributed by atoms with Crippen molar-refractivity contribution in [2.75, 3.05) is 13.2 Å². The lowest BCUT2D eigenvalue weighted by atomic mass is 9.98. The summed E-state index contributed by atoms with van der Waals surface area (Å²) in [6, 6.07) is 0. The number of hydrogen-bond acceptors (Lipinski definition) is 13. The maximum absolute atomic E-state index is 11.0. The van der Waals surface area contributed by atoms with Crippen LogP contribution in [0.4, 0.5) is 0 Å². The van der Waals surface area contributed by atoms with E-state index in [2.05, 4.69) is 4.18 Å². The Morgan fingerprint density at radius 1 is 1.09 bits per heavy atom. The van der Waals surface area contributed by atoms with Crippen LogP contribution in [-0.2, 0) is 38.3 Å². The van der Waals surface area contributed by atoms with Gasteiger partial charge >= 0.3 is 10.4 Å². The highest BCUT2D eigenvalue weighted by molar-refractivity contribution is 7.80. The molecule has 15 heteroatoms. The number of aliphatic hydroxyl groups excluding tert-OH is 2. The molecule has 3 aliphatic heterocycles. The minimum absolute atomic E-state index is 0.0827. The van der Waals surface area contributed by atoms with Gasteiger partial charge in [-0.25, -0.2) is 4.18 Å². The van der Waals surface area contributed by atoms with E-state index in [1.165, 1.54) is 6.92 Å². The molecule has 11 atom stereocenters. The highest BCUT2D eigenvalue weighted by Crippen LogP contribution is 2.57. The molecule has 0 aromatic rings. The number of aliphatic hydroxyl groups is 5. The molecule has 0 aromatic carbocycles. The van der Waals surface area contributed by atoms with E-state index >= 15 is 0 Å². The lowest BCUT2D eigenvalue weighted by Crippen LogP contribution is -2.65. The Morgan fingerprint density at radius 2 is 1.73 bits per heavy atom. The third-order valence-electron chi connectivity index (χ3n) is 6.57. The minimum Gasteiger partial charge on any atom is -0.390 e. The zero-order valence-electron chi connectivity index (χ0n) is 18.1. The lowest BCUT2D eigenvalue weighted by Gasteiger charge is -2.44. The van der Waals surface area contributed by atoms with Crippen molar-refractivity contribution in [3.05, 3.63) is 0 Å². The van der Waals surface area contributed by atoms with Crippen LogP contribution in [0, 0.1) is 11.8 Å². The van der Waals surface area contributed by atoms with E-state index < -0.39 is 95.5 Å². The largest absolute Gasteiger partial charge is 0.397 e. The molecule has 0 amide bonds. The average Bonchev–Trinajstić information content (AvgIpc) is 3.11. The summed E-state index contributed by atoms with van der Waals surface area (Å²) >= 11 is 0. The molecule has 33 heavy (non-hydrogen) atoms. The molecule has 0 aromatic heterocycles. The maximum Gasteiger partial charge on any atom is 0.397 e. The summed E-state index contributed by atoms with van der Waals surface area (Å²) in [6.45, 7) is 3.83. The van der Waals surface area contributed by atoms with Crippen molar-refractivity contribution in [2.45, 2.75) is 87.5 Å². The first-order valence-electron chi connectivity index (χ1n) is 10.5. The number of ether oxygens (including phenoxy) is 5. The van der Waals surface area contributed by atoms with E-state index in [4.69, 9.17) is 28.2 Å². The van der Waals surface area contributed by atoms with Gasteiger partial charge in [-0.1, -0.05) is 0 Å². The van der Waals surface area contributed by atoms with Crippen molar-refractivity contribution in [2.24, 2.45) is 11.8 Å². The molecule has 4 fully saturated rings. The van der Waals surface area contributed by atoms with Crippen LogP contribution >= 0.6 is 0 Å². The highest BCUT2D eigenvalue weighted by Gasteiger charge is 2.71. The van der Waals surface area contributed by atoms with Crippen molar-refractivity contribution < 1.29 is 66.4 Å². The predicted molar refractivity (Wildman–Crippen MR) is 102 cm³/mol. The molecule has 1 aliphatic carbocycles. The van der Waals surface area contributed by atoms with Gasteiger partial charge in [-0.15, -0.1) is 0 Å². The first kappa shape index (κ1) is 25.6. The van der Waals surface area contributed by atoms with Gasteiger partial charge in [0.15, 0.2) is 6.29 Å². The van der Waals surface area contributed by atoms with Crippen LogP contribution in [0.5, 0.6) is 0 Å².